The summed E-state index contributed by atoms with van der Waals surface area (Å²) in [5.74, 6) is 0.580. The molecule has 0 N–H and O–H groups in total. The van der Waals surface area contributed by atoms with Gasteiger partial charge in [-0.25, -0.2) is 0 Å². The lowest BCUT2D eigenvalue weighted by Gasteiger charge is -2.12. The van der Waals surface area contributed by atoms with Crippen molar-refractivity contribution < 1.29 is 4.74 Å². The fourth-order valence-electron chi connectivity index (χ4n) is 1.56. The summed E-state index contributed by atoms with van der Waals surface area (Å²) in [6.07, 6.45) is 1.09. The van der Waals surface area contributed by atoms with Gasteiger partial charge in [0.05, 0.1) is 6.61 Å². The first-order chi connectivity index (χ1) is 6.75. The van der Waals surface area contributed by atoms with E-state index in [0.29, 0.717) is 5.92 Å². The quantitative estimate of drug-likeness (QED) is 0.646. The summed E-state index contributed by atoms with van der Waals surface area (Å²) >= 11 is 0. The standard InChI is InChI=1S/C13H20O/c1-4-9-14-10-12-7-5-6-8-13(12)11(2)3/h5-8,11H,4,9-10H2,1-3H3. The van der Waals surface area contributed by atoms with E-state index in [4.69, 9.17) is 4.74 Å². The Labute approximate surface area is 87.1 Å². The first-order valence-electron chi connectivity index (χ1n) is 5.41. The smallest absolute Gasteiger partial charge is 0.0719 e. The van der Waals surface area contributed by atoms with E-state index in [-0.39, 0.29) is 0 Å². The molecule has 14 heavy (non-hydrogen) atoms. The van der Waals surface area contributed by atoms with E-state index in [1.807, 2.05) is 0 Å². The third kappa shape index (κ3) is 3.15. The van der Waals surface area contributed by atoms with Crippen molar-refractivity contribution in [1.82, 2.24) is 0 Å². The topological polar surface area (TPSA) is 9.23 Å². The van der Waals surface area contributed by atoms with Crippen LogP contribution in [0.2, 0.25) is 0 Å². The fourth-order valence-corrected chi connectivity index (χ4v) is 1.56. The molecule has 0 radical (unpaired) electrons. The van der Waals surface area contributed by atoms with E-state index in [9.17, 15) is 0 Å². The van der Waals surface area contributed by atoms with Crippen LogP contribution in [0.5, 0.6) is 0 Å². The molecule has 0 aliphatic carbocycles. The van der Waals surface area contributed by atoms with Crippen molar-refractivity contribution in [2.45, 2.75) is 39.7 Å². The van der Waals surface area contributed by atoms with Crippen LogP contribution in [0.1, 0.15) is 44.2 Å². The average molecular weight is 192 g/mol. The molecule has 1 nitrogen and oxygen atoms in total. The molecule has 0 saturated carbocycles. The van der Waals surface area contributed by atoms with Crippen molar-refractivity contribution in [2.75, 3.05) is 6.61 Å². The van der Waals surface area contributed by atoms with E-state index >= 15 is 0 Å². The molecule has 0 heterocycles. The fraction of sp³-hybridized carbons (Fsp3) is 0.538. The number of ether oxygens (including phenoxy) is 1. The molecule has 0 aromatic heterocycles. The minimum atomic E-state index is 0.580. The minimum Gasteiger partial charge on any atom is -0.377 e. The normalized spacial score (nSPS) is 10.9. The molecule has 1 aromatic rings. The Balaban J connectivity index is 2.64. The van der Waals surface area contributed by atoms with Crippen LogP contribution in [0.25, 0.3) is 0 Å². The zero-order valence-electron chi connectivity index (χ0n) is 9.42. The van der Waals surface area contributed by atoms with Crippen molar-refractivity contribution >= 4 is 0 Å². The maximum Gasteiger partial charge on any atom is 0.0719 e. The van der Waals surface area contributed by atoms with Gasteiger partial charge in [-0.1, -0.05) is 45.0 Å². The molecular formula is C13H20O. The van der Waals surface area contributed by atoms with Gasteiger partial charge < -0.3 is 4.74 Å². The van der Waals surface area contributed by atoms with Gasteiger partial charge in [0.1, 0.15) is 0 Å². The molecule has 0 bridgehead atoms. The molecular weight excluding hydrogens is 172 g/mol. The summed E-state index contributed by atoms with van der Waals surface area (Å²) in [5.41, 5.74) is 2.74. The Morgan fingerprint density at radius 2 is 1.93 bits per heavy atom. The van der Waals surface area contributed by atoms with Crippen LogP contribution in [-0.4, -0.2) is 6.61 Å². The molecule has 78 valence electrons. The second-order valence-corrected chi connectivity index (χ2v) is 3.91. The van der Waals surface area contributed by atoms with Gasteiger partial charge in [0, 0.05) is 6.61 Å². The molecule has 1 heteroatoms. The van der Waals surface area contributed by atoms with E-state index in [2.05, 4.69) is 45.0 Å². The third-order valence-electron chi connectivity index (χ3n) is 2.28. The van der Waals surface area contributed by atoms with Crippen LogP contribution in [-0.2, 0) is 11.3 Å². The van der Waals surface area contributed by atoms with Crippen molar-refractivity contribution in [1.29, 1.82) is 0 Å². The Bertz CT molecular complexity index is 266. The second-order valence-electron chi connectivity index (χ2n) is 3.91. The minimum absolute atomic E-state index is 0.580. The lowest BCUT2D eigenvalue weighted by Crippen LogP contribution is -1.99. The maximum absolute atomic E-state index is 5.56. The lowest BCUT2D eigenvalue weighted by atomic mass is 9.98. The van der Waals surface area contributed by atoms with E-state index < -0.39 is 0 Å². The largest absolute Gasteiger partial charge is 0.377 e. The predicted octanol–water partition coefficient (Wildman–Crippen LogP) is 3.74. The van der Waals surface area contributed by atoms with Crippen LogP contribution >= 0.6 is 0 Å². The van der Waals surface area contributed by atoms with Gasteiger partial charge >= 0.3 is 0 Å². The van der Waals surface area contributed by atoms with Gasteiger partial charge in [0.15, 0.2) is 0 Å². The van der Waals surface area contributed by atoms with Crippen molar-refractivity contribution in [3.05, 3.63) is 35.4 Å². The highest BCUT2D eigenvalue weighted by Crippen LogP contribution is 2.19. The Hall–Kier alpha value is -0.820. The van der Waals surface area contributed by atoms with E-state index in [1.165, 1.54) is 11.1 Å². The Morgan fingerprint density at radius 1 is 1.21 bits per heavy atom. The van der Waals surface area contributed by atoms with Gasteiger partial charge in [-0.15, -0.1) is 0 Å². The predicted molar refractivity (Wildman–Crippen MR) is 60.5 cm³/mol. The summed E-state index contributed by atoms with van der Waals surface area (Å²) in [6.45, 7) is 8.18. The van der Waals surface area contributed by atoms with E-state index in [0.717, 1.165) is 19.6 Å². The maximum atomic E-state index is 5.56. The van der Waals surface area contributed by atoms with Crippen LogP contribution in [0.15, 0.2) is 24.3 Å². The van der Waals surface area contributed by atoms with E-state index in [1.54, 1.807) is 0 Å². The monoisotopic (exact) mass is 192 g/mol. The number of hydrogen-bond donors (Lipinski definition) is 0. The molecule has 0 spiro atoms. The van der Waals surface area contributed by atoms with Crippen LogP contribution in [0, 0.1) is 0 Å². The number of benzene rings is 1. The van der Waals surface area contributed by atoms with Crippen molar-refractivity contribution in [3.8, 4) is 0 Å². The van der Waals surface area contributed by atoms with Gasteiger partial charge in [-0.05, 0) is 23.5 Å². The molecule has 0 atom stereocenters. The molecule has 1 rings (SSSR count). The van der Waals surface area contributed by atoms with Gasteiger partial charge in [-0.2, -0.15) is 0 Å². The highest BCUT2D eigenvalue weighted by atomic mass is 16.5. The summed E-state index contributed by atoms with van der Waals surface area (Å²) < 4.78 is 5.56. The molecule has 0 saturated heterocycles. The summed E-state index contributed by atoms with van der Waals surface area (Å²) in [6, 6.07) is 8.52. The zero-order chi connectivity index (χ0) is 10.4. The van der Waals surface area contributed by atoms with Crippen LogP contribution in [0.3, 0.4) is 0 Å². The zero-order valence-corrected chi connectivity index (χ0v) is 9.42. The molecule has 0 aliphatic heterocycles. The van der Waals surface area contributed by atoms with Gasteiger partial charge in [-0.3, -0.25) is 0 Å². The van der Waals surface area contributed by atoms with Gasteiger partial charge in [0.25, 0.3) is 0 Å². The lowest BCUT2D eigenvalue weighted by molar-refractivity contribution is 0.121. The van der Waals surface area contributed by atoms with Crippen molar-refractivity contribution in [2.24, 2.45) is 0 Å². The molecule has 0 aliphatic rings. The first kappa shape index (κ1) is 11.3. The average Bonchev–Trinajstić information content (AvgIpc) is 2.19. The number of hydrogen-bond acceptors (Lipinski definition) is 1. The van der Waals surface area contributed by atoms with Gasteiger partial charge in [0.2, 0.25) is 0 Å². The molecule has 0 amide bonds. The molecule has 0 fully saturated rings. The SMILES string of the molecule is CCCOCc1ccccc1C(C)C. The number of rotatable bonds is 5. The Kier molecular flexibility index (Phi) is 4.68. The first-order valence-corrected chi connectivity index (χ1v) is 5.41. The molecule has 0 unspecified atom stereocenters. The summed E-state index contributed by atoms with van der Waals surface area (Å²) in [5, 5.41) is 0. The second kappa shape index (κ2) is 5.82. The highest BCUT2D eigenvalue weighted by molar-refractivity contribution is 5.28. The highest BCUT2D eigenvalue weighted by Gasteiger charge is 2.04. The Morgan fingerprint density at radius 3 is 2.57 bits per heavy atom. The van der Waals surface area contributed by atoms with Crippen LogP contribution < -0.4 is 0 Å². The third-order valence-corrected chi connectivity index (χ3v) is 2.28. The van der Waals surface area contributed by atoms with Crippen molar-refractivity contribution in [3.63, 3.8) is 0 Å². The van der Waals surface area contributed by atoms with Crippen LogP contribution in [0.4, 0.5) is 0 Å². The molecule has 1 aromatic carbocycles. The summed E-state index contributed by atoms with van der Waals surface area (Å²) in [4.78, 5) is 0. The summed E-state index contributed by atoms with van der Waals surface area (Å²) in [7, 11) is 0.